The molecule has 7 heteroatoms. The Morgan fingerprint density at radius 2 is 1.54 bits per heavy atom. The molecule has 3 aromatic rings. The molecule has 0 bridgehead atoms. The fraction of sp³-hybridized carbons (Fsp3) is 0.367. The van der Waals surface area contributed by atoms with Crippen LogP contribution in [0.25, 0.3) is 0 Å². The second-order valence-corrected chi connectivity index (χ2v) is 9.97. The van der Waals surface area contributed by atoms with Gasteiger partial charge in [-0.25, -0.2) is 8.78 Å². The van der Waals surface area contributed by atoms with Crippen LogP contribution in [0.3, 0.4) is 0 Å². The van der Waals surface area contributed by atoms with Gasteiger partial charge >= 0.3 is 0 Å². The quantitative estimate of drug-likeness (QED) is 0.426. The first kappa shape index (κ1) is 27.2. The van der Waals surface area contributed by atoms with Crippen molar-refractivity contribution in [2.24, 2.45) is 0 Å². The molecule has 1 fully saturated rings. The molecule has 0 aliphatic carbocycles. The van der Waals surface area contributed by atoms with Gasteiger partial charge in [0.15, 0.2) is 0 Å². The zero-order chi connectivity index (χ0) is 25.1. The van der Waals surface area contributed by atoms with Gasteiger partial charge in [-0.1, -0.05) is 42.5 Å². The summed E-state index contributed by atoms with van der Waals surface area (Å²) in [6, 6.07) is 21.5. The number of aryl methyl sites for hydroxylation is 1. The van der Waals surface area contributed by atoms with Gasteiger partial charge in [0, 0.05) is 44.5 Å². The molecular weight excluding hydrogens is 492 g/mol. The van der Waals surface area contributed by atoms with E-state index in [0.29, 0.717) is 6.54 Å². The van der Waals surface area contributed by atoms with Gasteiger partial charge in [-0.2, -0.15) is 0 Å². The smallest absolute Gasteiger partial charge is 0.244 e. The average Bonchev–Trinajstić information content (AvgIpc) is 2.91. The molecule has 37 heavy (non-hydrogen) atoms. The Morgan fingerprint density at radius 3 is 2.24 bits per heavy atom. The Hall–Kier alpha value is -2.80. The highest BCUT2D eigenvalue weighted by Gasteiger charge is 2.35. The maximum atomic E-state index is 13.7. The van der Waals surface area contributed by atoms with E-state index in [-0.39, 0.29) is 42.0 Å². The Bertz CT molecular complexity index is 1190. The van der Waals surface area contributed by atoms with Crippen molar-refractivity contribution in [3.05, 3.63) is 101 Å². The summed E-state index contributed by atoms with van der Waals surface area (Å²) in [6.07, 6.45) is 2.75. The monoisotopic (exact) mass is 525 g/mol. The number of hydrogen-bond donors (Lipinski definition) is 0. The summed E-state index contributed by atoms with van der Waals surface area (Å²) in [4.78, 5) is 20.3. The summed E-state index contributed by atoms with van der Waals surface area (Å²) in [5.74, 6) is -0.332. The predicted octanol–water partition coefficient (Wildman–Crippen LogP) is 5.48. The zero-order valence-corrected chi connectivity index (χ0v) is 22.0. The summed E-state index contributed by atoms with van der Waals surface area (Å²) in [6.45, 7) is 5.80. The molecule has 3 aromatic carbocycles. The summed E-state index contributed by atoms with van der Waals surface area (Å²) in [5.41, 5.74) is 4.40. The lowest BCUT2D eigenvalue weighted by molar-refractivity contribution is -0.124. The van der Waals surface area contributed by atoms with Crippen molar-refractivity contribution >= 4 is 24.0 Å². The zero-order valence-electron chi connectivity index (χ0n) is 21.2. The van der Waals surface area contributed by atoms with Crippen LogP contribution in [0, 0.1) is 11.6 Å². The molecule has 0 N–H and O–H groups in total. The highest BCUT2D eigenvalue weighted by molar-refractivity contribution is 5.98. The maximum absolute atomic E-state index is 13.7. The number of carbonyl (C=O) groups excluding carboxylic acids is 1. The highest BCUT2D eigenvalue weighted by Crippen LogP contribution is 2.28. The van der Waals surface area contributed by atoms with Crippen molar-refractivity contribution in [3.63, 3.8) is 0 Å². The van der Waals surface area contributed by atoms with E-state index >= 15 is 0 Å². The molecule has 5 rings (SSSR count). The third-order valence-corrected chi connectivity index (χ3v) is 7.60. The largest absolute Gasteiger partial charge is 0.311 e. The standard InChI is InChI=1S/C30H33F2N3O.ClH/c1-22(30(36)35-16-4-6-25-5-2-3-7-29(25)35)33-17-18-34(20-24-10-14-27(32)15-11-24)28(21-33)19-23-8-12-26(31)13-9-23;/h2-3,5,7-15,22,28H,4,6,16-21H2,1H3;1H. The fourth-order valence-electron chi connectivity index (χ4n) is 5.53. The minimum Gasteiger partial charge on any atom is -0.311 e. The Morgan fingerprint density at radius 1 is 0.892 bits per heavy atom. The number of halogens is 3. The van der Waals surface area contributed by atoms with Crippen molar-refractivity contribution in [1.82, 2.24) is 9.80 Å². The molecule has 0 radical (unpaired) electrons. The molecule has 1 amide bonds. The minimum absolute atomic E-state index is 0. The van der Waals surface area contributed by atoms with Crippen molar-refractivity contribution in [2.75, 3.05) is 31.1 Å². The summed E-state index contributed by atoms with van der Waals surface area (Å²) >= 11 is 0. The third-order valence-electron chi connectivity index (χ3n) is 7.60. The number of anilines is 1. The van der Waals surface area contributed by atoms with Gasteiger partial charge < -0.3 is 4.90 Å². The number of nitrogens with zero attached hydrogens (tertiary/aromatic N) is 3. The van der Waals surface area contributed by atoms with Crippen LogP contribution in [0.2, 0.25) is 0 Å². The van der Waals surface area contributed by atoms with Crippen molar-refractivity contribution < 1.29 is 13.6 Å². The first-order valence-electron chi connectivity index (χ1n) is 12.8. The normalized spacial score (nSPS) is 19.1. The van der Waals surface area contributed by atoms with Crippen LogP contribution in [0.15, 0.2) is 72.8 Å². The molecule has 0 aromatic heterocycles. The van der Waals surface area contributed by atoms with Crippen molar-refractivity contribution in [3.8, 4) is 0 Å². The molecule has 196 valence electrons. The number of benzene rings is 3. The fourth-order valence-corrected chi connectivity index (χ4v) is 5.53. The average molecular weight is 526 g/mol. The van der Waals surface area contributed by atoms with Crippen molar-refractivity contribution in [1.29, 1.82) is 0 Å². The Labute approximate surface area is 224 Å². The van der Waals surface area contributed by atoms with E-state index in [9.17, 15) is 13.6 Å². The minimum atomic E-state index is -0.242. The topological polar surface area (TPSA) is 26.8 Å². The lowest BCUT2D eigenvalue weighted by atomic mass is 9.98. The second kappa shape index (κ2) is 12.2. The van der Waals surface area contributed by atoms with E-state index in [2.05, 4.69) is 21.9 Å². The summed E-state index contributed by atoms with van der Waals surface area (Å²) in [7, 11) is 0. The molecule has 4 nitrogen and oxygen atoms in total. The van der Waals surface area contributed by atoms with Crippen LogP contribution < -0.4 is 4.90 Å². The molecule has 1 saturated heterocycles. The van der Waals surface area contributed by atoms with E-state index < -0.39 is 0 Å². The lowest BCUT2D eigenvalue weighted by Gasteiger charge is -2.44. The number of para-hydroxylation sites is 1. The second-order valence-electron chi connectivity index (χ2n) is 9.97. The number of rotatable bonds is 6. The number of carbonyl (C=O) groups is 1. The number of amides is 1. The predicted molar refractivity (Wildman–Crippen MR) is 146 cm³/mol. The van der Waals surface area contributed by atoms with Crippen LogP contribution in [0.4, 0.5) is 14.5 Å². The molecule has 0 saturated carbocycles. The highest BCUT2D eigenvalue weighted by atomic mass is 35.5. The van der Waals surface area contributed by atoms with Gasteiger partial charge in [0.05, 0.1) is 6.04 Å². The van der Waals surface area contributed by atoms with Gasteiger partial charge in [0.2, 0.25) is 5.91 Å². The summed E-state index contributed by atoms with van der Waals surface area (Å²) < 4.78 is 26.9. The molecule has 2 unspecified atom stereocenters. The van der Waals surface area contributed by atoms with E-state index in [4.69, 9.17) is 0 Å². The van der Waals surface area contributed by atoms with Gasteiger partial charge in [0.1, 0.15) is 11.6 Å². The molecule has 2 heterocycles. The number of hydrogen-bond acceptors (Lipinski definition) is 3. The van der Waals surface area contributed by atoms with Crippen LogP contribution in [0.5, 0.6) is 0 Å². The molecule has 2 atom stereocenters. The maximum Gasteiger partial charge on any atom is 0.244 e. The van der Waals surface area contributed by atoms with E-state index in [1.165, 1.54) is 29.8 Å². The van der Waals surface area contributed by atoms with E-state index in [0.717, 1.165) is 62.3 Å². The molecule has 2 aliphatic rings. The van der Waals surface area contributed by atoms with Crippen LogP contribution in [0.1, 0.15) is 30.0 Å². The van der Waals surface area contributed by atoms with Crippen LogP contribution in [-0.2, 0) is 24.2 Å². The molecule has 2 aliphatic heterocycles. The lowest BCUT2D eigenvalue weighted by Crippen LogP contribution is -2.59. The van der Waals surface area contributed by atoms with Gasteiger partial charge in [-0.05, 0) is 73.2 Å². The van der Waals surface area contributed by atoms with Gasteiger partial charge in [0.25, 0.3) is 0 Å². The van der Waals surface area contributed by atoms with Gasteiger partial charge in [-0.15, -0.1) is 12.4 Å². The first-order valence-corrected chi connectivity index (χ1v) is 12.8. The molecular formula is C30H34ClF2N3O. The summed E-state index contributed by atoms with van der Waals surface area (Å²) in [5, 5.41) is 0. The third kappa shape index (κ3) is 6.38. The number of piperazine rings is 1. The molecule has 0 spiro atoms. The number of fused-ring (bicyclic) bond motifs is 1. The van der Waals surface area contributed by atoms with E-state index in [1.54, 1.807) is 0 Å². The van der Waals surface area contributed by atoms with Gasteiger partial charge in [-0.3, -0.25) is 14.6 Å². The SMILES string of the molecule is CC(C(=O)N1CCCc2ccccc21)N1CCN(Cc2ccc(F)cc2)C(Cc2ccc(F)cc2)C1.Cl. The first-order chi connectivity index (χ1) is 17.5. The Balaban J connectivity index is 0.00000320. The van der Waals surface area contributed by atoms with Crippen LogP contribution >= 0.6 is 12.4 Å². The van der Waals surface area contributed by atoms with Crippen LogP contribution in [-0.4, -0.2) is 54.0 Å². The Kier molecular flexibility index (Phi) is 8.95. The van der Waals surface area contributed by atoms with Crippen molar-refractivity contribution in [2.45, 2.75) is 44.8 Å². The van der Waals surface area contributed by atoms with E-state index in [1.807, 2.05) is 48.2 Å².